The third-order valence-corrected chi connectivity index (χ3v) is 2.96. The van der Waals surface area contributed by atoms with Gasteiger partial charge in [0.05, 0.1) is 6.21 Å². The Morgan fingerprint density at radius 1 is 1.10 bits per heavy atom. The van der Waals surface area contributed by atoms with Crippen LogP contribution in [0.25, 0.3) is 0 Å². The van der Waals surface area contributed by atoms with Gasteiger partial charge in [-0.15, -0.1) is 0 Å². The molecule has 0 aliphatic heterocycles. The van der Waals surface area contributed by atoms with Crippen molar-refractivity contribution in [1.82, 2.24) is 5.43 Å². The number of phenolic OH excluding ortho intramolecular Hbond substituents is 1. The average molecular weight is 309 g/mol. The molecule has 0 heterocycles. The van der Waals surface area contributed by atoms with Crippen molar-refractivity contribution in [3.8, 4) is 5.75 Å². The number of hydrogen-bond acceptors (Lipinski definition) is 3. The van der Waals surface area contributed by atoms with Gasteiger partial charge in [0.2, 0.25) is 0 Å². The zero-order valence-electron chi connectivity index (χ0n) is 10.2. The van der Waals surface area contributed by atoms with Gasteiger partial charge in [0.15, 0.2) is 0 Å². The first kappa shape index (κ1) is 14.4. The molecule has 2 aromatic carbocycles. The van der Waals surface area contributed by atoms with Crippen LogP contribution in [0.3, 0.4) is 0 Å². The first-order valence-electron chi connectivity index (χ1n) is 5.64. The Morgan fingerprint density at radius 3 is 2.40 bits per heavy atom. The van der Waals surface area contributed by atoms with E-state index in [9.17, 15) is 9.90 Å². The van der Waals surface area contributed by atoms with Crippen LogP contribution in [0, 0.1) is 0 Å². The zero-order chi connectivity index (χ0) is 14.5. The minimum Gasteiger partial charge on any atom is -0.507 e. The summed E-state index contributed by atoms with van der Waals surface area (Å²) in [5, 5.41) is 14.3. The number of phenols is 1. The van der Waals surface area contributed by atoms with Gasteiger partial charge in [-0.05, 0) is 42.5 Å². The molecule has 6 heteroatoms. The molecule has 0 saturated heterocycles. The number of carbonyl (C=O) groups excluding carboxylic acids is 1. The molecular formula is C14H10Cl2N2O2. The van der Waals surface area contributed by atoms with Gasteiger partial charge in [-0.2, -0.15) is 5.10 Å². The second kappa shape index (κ2) is 6.41. The standard InChI is InChI=1S/C14H10Cl2N2O2/c15-11-4-1-9(2-5-11)14(20)18-17-8-10-3-6-12(16)7-13(10)19/h1-8,19H,(H,18,20)/b17-8+. The van der Waals surface area contributed by atoms with E-state index in [1.165, 1.54) is 12.3 Å². The lowest BCUT2D eigenvalue weighted by molar-refractivity contribution is 0.0955. The molecule has 1 amide bonds. The molecule has 0 aliphatic carbocycles. The van der Waals surface area contributed by atoms with Crippen molar-refractivity contribution in [2.75, 3.05) is 0 Å². The van der Waals surface area contributed by atoms with Crippen LogP contribution in [0.2, 0.25) is 10.0 Å². The molecule has 2 aromatic rings. The second-order valence-corrected chi connectivity index (χ2v) is 4.78. The average Bonchev–Trinajstić information content (AvgIpc) is 2.42. The highest BCUT2D eigenvalue weighted by Gasteiger charge is 2.03. The van der Waals surface area contributed by atoms with Crippen molar-refractivity contribution in [2.45, 2.75) is 0 Å². The Bertz CT molecular complexity index is 655. The Labute approximate surface area is 125 Å². The molecule has 2 N–H and O–H groups in total. The number of carbonyl (C=O) groups is 1. The Kier molecular flexibility index (Phi) is 4.61. The van der Waals surface area contributed by atoms with Gasteiger partial charge in [0.1, 0.15) is 5.75 Å². The fourth-order valence-electron chi connectivity index (χ4n) is 1.45. The van der Waals surface area contributed by atoms with E-state index in [-0.39, 0.29) is 11.7 Å². The minimum atomic E-state index is -0.369. The van der Waals surface area contributed by atoms with E-state index in [2.05, 4.69) is 10.5 Å². The first-order valence-corrected chi connectivity index (χ1v) is 6.39. The molecule has 0 fully saturated rings. The normalized spacial score (nSPS) is 10.7. The van der Waals surface area contributed by atoms with Gasteiger partial charge >= 0.3 is 0 Å². The molecule has 0 spiro atoms. The number of nitrogens with one attached hydrogen (secondary N) is 1. The third-order valence-electron chi connectivity index (χ3n) is 2.47. The van der Waals surface area contributed by atoms with Gasteiger partial charge in [-0.25, -0.2) is 5.43 Å². The maximum Gasteiger partial charge on any atom is 0.271 e. The number of benzene rings is 2. The van der Waals surface area contributed by atoms with E-state index in [1.54, 1.807) is 36.4 Å². The molecule has 20 heavy (non-hydrogen) atoms. The van der Waals surface area contributed by atoms with Crippen LogP contribution in [0.1, 0.15) is 15.9 Å². The lowest BCUT2D eigenvalue weighted by Gasteiger charge is -2.01. The van der Waals surface area contributed by atoms with Crippen molar-refractivity contribution in [2.24, 2.45) is 5.10 Å². The van der Waals surface area contributed by atoms with Crippen LogP contribution in [-0.2, 0) is 0 Å². The molecule has 0 atom stereocenters. The molecule has 0 radical (unpaired) electrons. The predicted octanol–water partition coefficient (Wildman–Crippen LogP) is 3.46. The van der Waals surface area contributed by atoms with E-state index in [0.717, 1.165) is 0 Å². The third kappa shape index (κ3) is 3.73. The first-order chi connectivity index (χ1) is 9.56. The summed E-state index contributed by atoms with van der Waals surface area (Å²) in [5.41, 5.74) is 3.24. The van der Waals surface area contributed by atoms with Crippen LogP contribution in [0.5, 0.6) is 5.75 Å². The van der Waals surface area contributed by atoms with E-state index in [4.69, 9.17) is 23.2 Å². The van der Waals surface area contributed by atoms with Gasteiger partial charge < -0.3 is 5.11 Å². The van der Waals surface area contributed by atoms with Crippen molar-refractivity contribution in [3.05, 3.63) is 63.6 Å². The van der Waals surface area contributed by atoms with Crippen LogP contribution in [-0.4, -0.2) is 17.2 Å². The Balaban J connectivity index is 2.02. The predicted molar refractivity (Wildman–Crippen MR) is 79.6 cm³/mol. The monoisotopic (exact) mass is 308 g/mol. The quantitative estimate of drug-likeness (QED) is 0.674. The number of aromatic hydroxyl groups is 1. The molecular weight excluding hydrogens is 299 g/mol. The molecule has 4 nitrogen and oxygen atoms in total. The van der Waals surface area contributed by atoms with E-state index < -0.39 is 0 Å². The van der Waals surface area contributed by atoms with E-state index in [0.29, 0.717) is 21.2 Å². The second-order valence-electron chi connectivity index (χ2n) is 3.91. The molecule has 0 bridgehead atoms. The number of nitrogens with zero attached hydrogens (tertiary/aromatic N) is 1. The maximum absolute atomic E-state index is 11.7. The summed E-state index contributed by atoms with van der Waals surface area (Å²) in [7, 11) is 0. The molecule has 0 aliphatic rings. The van der Waals surface area contributed by atoms with Gasteiger partial charge in [-0.1, -0.05) is 23.2 Å². The molecule has 102 valence electrons. The Hall–Kier alpha value is -2.04. The summed E-state index contributed by atoms with van der Waals surface area (Å²) in [6, 6.07) is 11.0. The summed E-state index contributed by atoms with van der Waals surface area (Å²) < 4.78 is 0. The summed E-state index contributed by atoms with van der Waals surface area (Å²) >= 11 is 11.4. The molecule has 0 aromatic heterocycles. The number of rotatable bonds is 3. The SMILES string of the molecule is O=C(N/N=C/c1ccc(Cl)cc1O)c1ccc(Cl)cc1. The maximum atomic E-state index is 11.7. The number of hydrazone groups is 1. The van der Waals surface area contributed by atoms with Crippen molar-refractivity contribution in [3.63, 3.8) is 0 Å². The Morgan fingerprint density at radius 2 is 1.75 bits per heavy atom. The van der Waals surface area contributed by atoms with Crippen molar-refractivity contribution < 1.29 is 9.90 Å². The fourth-order valence-corrected chi connectivity index (χ4v) is 1.74. The molecule has 2 rings (SSSR count). The van der Waals surface area contributed by atoms with Crippen LogP contribution >= 0.6 is 23.2 Å². The molecule has 0 saturated carbocycles. The summed E-state index contributed by atoms with van der Waals surface area (Å²) in [6.45, 7) is 0. The van der Waals surface area contributed by atoms with E-state index in [1.807, 2.05) is 0 Å². The summed E-state index contributed by atoms with van der Waals surface area (Å²) in [5.74, 6) is -0.381. The van der Waals surface area contributed by atoms with Gasteiger partial charge in [0.25, 0.3) is 5.91 Å². The van der Waals surface area contributed by atoms with Gasteiger partial charge in [0, 0.05) is 21.2 Å². The lowest BCUT2D eigenvalue weighted by Crippen LogP contribution is -2.17. The van der Waals surface area contributed by atoms with Crippen LogP contribution in [0.4, 0.5) is 0 Å². The van der Waals surface area contributed by atoms with E-state index >= 15 is 0 Å². The fraction of sp³-hybridized carbons (Fsp3) is 0. The van der Waals surface area contributed by atoms with Crippen LogP contribution < -0.4 is 5.43 Å². The topological polar surface area (TPSA) is 61.7 Å². The zero-order valence-corrected chi connectivity index (χ0v) is 11.7. The smallest absolute Gasteiger partial charge is 0.271 e. The summed E-state index contributed by atoms with van der Waals surface area (Å²) in [6.07, 6.45) is 1.33. The highest BCUT2D eigenvalue weighted by molar-refractivity contribution is 6.31. The highest BCUT2D eigenvalue weighted by atomic mass is 35.5. The number of hydrogen-bond donors (Lipinski definition) is 2. The number of halogens is 2. The highest BCUT2D eigenvalue weighted by Crippen LogP contribution is 2.20. The van der Waals surface area contributed by atoms with Gasteiger partial charge in [-0.3, -0.25) is 4.79 Å². The van der Waals surface area contributed by atoms with Crippen molar-refractivity contribution >= 4 is 35.3 Å². The lowest BCUT2D eigenvalue weighted by atomic mass is 10.2. The largest absolute Gasteiger partial charge is 0.507 e. The minimum absolute atomic E-state index is 0.0120. The van der Waals surface area contributed by atoms with Crippen LogP contribution in [0.15, 0.2) is 47.6 Å². The summed E-state index contributed by atoms with van der Waals surface area (Å²) in [4.78, 5) is 11.7. The molecule has 0 unspecified atom stereocenters. The van der Waals surface area contributed by atoms with Crippen molar-refractivity contribution in [1.29, 1.82) is 0 Å². The number of amides is 1.